The molecule has 0 amide bonds. The minimum atomic E-state index is 0.303. The predicted octanol–water partition coefficient (Wildman–Crippen LogP) is 4.54. The monoisotopic (exact) mass is 304 g/mol. The summed E-state index contributed by atoms with van der Waals surface area (Å²) in [6, 6.07) is 8.92. The third kappa shape index (κ3) is 2.45. The molecule has 1 aromatic heterocycles. The van der Waals surface area contributed by atoms with Gasteiger partial charge < -0.3 is 4.74 Å². The van der Waals surface area contributed by atoms with E-state index in [0.717, 1.165) is 30.5 Å². The molecule has 0 aliphatic heterocycles. The largest absolute Gasteiger partial charge is 0.436 e. The first kappa shape index (κ1) is 13.2. The third-order valence-corrected chi connectivity index (χ3v) is 3.77. The van der Waals surface area contributed by atoms with Crippen molar-refractivity contribution in [2.45, 2.75) is 19.3 Å². The third-order valence-electron chi connectivity index (χ3n) is 3.24. The molecule has 0 unspecified atom stereocenters. The Labute approximate surface area is 126 Å². The van der Waals surface area contributed by atoms with Crippen LogP contribution >= 0.6 is 23.2 Å². The number of aromatic nitrogens is 1. The fourth-order valence-corrected chi connectivity index (χ4v) is 2.72. The molecule has 5 heteroatoms. The lowest BCUT2D eigenvalue weighted by Gasteiger charge is -2.10. The van der Waals surface area contributed by atoms with Gasteiger partial charge in [0.15, 0.2) is 0 Å². The molecule has 2 aromatic rings. The van der Waals surface area contributed by atoms with Gasteiger partial charge in [0, 0.05) is 10.7 Å². The maximum Gasteiger partial charge on any atom is 0.237 e. The zero-order valence-electron chi connectivity index (χ0n) is 10.5. The molecule has 0 spiro atoms. The predicted molar refractivity (Wildman–Crippen MR) is 77.5 cm³/mol. The summed E-state index contributed by atoms with van der Waals surface area (Å²) in [6.45, 7) is 0. The molecule has 0 radical (unpaired) electrons. The Morgan fingerprint density at radius 1 is 1.20 bits per heavy atom. The molecule has 0 saturated heterocycles. The van der Waals surface area contributed by atoms with Crippen molar-refractivity contribution in [3.8, 4) is 17.7 Å². The first-order valence-electron chi connectivity index (χ1n) is 6.23. The second kappa shape index (κ2) is 5.32. The number of pyridine rings is 1. The minimum absolute atomic E-state index is 0.303. The van der Waals surface area contributed by atoms with Crippen LogP contribution in [0, 0.1) is 11.3 Å². The van der Waals surface area contributed by atoms with E-state index in [-0.39, 0.29) is 0 Å². The summed E-state index contributed by atoms with van der Waals surface area (Å²) < 4.78 is 5.69. The van der Waals surface area contributed by atoms with Crippen LogP contribution in [0.4, 0.5) is 0 Å². The Balaban J connectivity index is 2.00. The highest BCUT2D eigenvalue weighted by Crippen LogP contribution is 2.34. The van der Waals surface area contributed by atoms with Crippen LogP contribution in [-0.4, -0.2) is 4.98 Å². The standard InChI is InChI=1S/C15H10Cl2N2O/c16-11-4-5-14(12(17)7-11)20-15-10(8-18)6-9-2-1-3-13(9)19-15/h4-7H,1-3H2. The Hall–Kier alpha value is -1.76. The van der Waals surface area contributed by atoms with Gasteiger partial charge in [0.25, 0.3) is 0 Å². The van der Waals surface area contributed by atoms with E-state index in [1.807, 2.05) is 6.07 Å². The van der Waals surface area contributed by atoms with Gasteiger partial charge >= 0.3 is 0 Å². The number of ether oxygens (including phenoxy) is 1. The number of fused-ring (bicyclic) bond motifs is 1. The van der Waals surface area contributed by atoms with Crippen LogP contribution in [0.3, 0.4) is 0 Å². The Kier molecular flexibility index (Phi) is 3.52. The van der Waals surface area contributed by atoms with Gasteiger partial charge in [-0.05, 0) is 49.1 Å². The number of rotatable bonds is 2. The second-order valence-corrected chi connectivity index (χ2v) is 5.43. The van der Waals surface area contributed by atoms with Gasteiger partial charge in [0.2, 0.25) is 5.88 Å². The fraction of sp³-hybridized carbons (Fsp3) is 0.200. The number of halogens is 2. The topological polar surface area (TPSA) is 45.9 Å². The van der Waals surface area contributed by atoms with Crippen LogP contribution in [0.1, 0.15) is 23.2 Å². The quantitative estimate of drug-likeness (QED) is 0.818. The molecule has 3 nitrogen and oxygen atoms in total. The van der Waals surface area contributed by atoms with Crippen molar-refractivity contribution in [2.24, 2.45) is 0 Å². The van der Waals surface area contributed by atoms with Gasteiger partial charge in [0.05, 0.1) is 5.02 Å². The van der Waals surface area contributed by atoms with Crippen molar-refractivity contribution < 1.29 is 4.74 Å². The van der Waals surface area contributed by atoms with Crippen molar-refractivity contribution >= 4 is 23.2 Å². The number of nitriles is 1. The molecule has 1 aliphatic rings. The van der Waals surface area contributed by atoms with Gasteiger partial charge in [0.1, 0.15) is 17.4 Å². The van der Waals surface area contributed by atoms with Gasteiger partial charge in [-0.2, -0.15) is 5.26 Å². The SMILES string of the molecule is N#Cc1cc2c(nc1Oc1ccc(Cl)cc1Cl)CCC2. The summed E-state index contributed by atoms with van der Waals surface area (Å²) in [5.74, 6) is 0.746. The molecule has 3 rings (SSSR count). The average molecular weight is 305 g/mol. The summed E-state index contributed by atoms with van der Waals surface area (Å²) in [4.78, 5) is 4.45. The number of benzene rings is 1. The van der Waals surface area contributed by atoms with Crippen LogP contribution in [0.15, 0.2) is 24.3 Å². The summed E-state index contributed by atoms with van der Waals surface area (Å²) in [5.41, 5.74) is 2.57. The zero-order chi connectivity index (χ0) is 14.1. The van der Waals surface area contributed by atoms with E-state index < -0.39 is 0 Å². The first-order valence-corrected chi connectivity index (χ1v) is 6.99. The van der Waals surface area contributed by atoms with Crippen LogP contribution in [0.25, 0.3) is 0 Å². The Morgan fingerprint density at radius 3 is 2.80 bits per heavy atom. The molecule has 1 aliphatic carbocycles. The summed E-state index contributed by atoms with van der Waals surface area (Å²) >= 11 is 11.9. The molecule has 1 heterocycles. The van der Waals surface area contributed by atoms with Crippen molar-refractivity contribution in [3.05, 3.63) is 51.1 Å². The second-order valence-electron chi connectivity index (χ2n) is 4.59. The molecule has 1 aromatic carbocycles. The lowest BCUT2D eigenvalue weighted by Crippen LogP contribution is -1.97. The van der Waals surface area contributed by atoms with E-state index in [1.165, 1.54) is 0 Å². The number of nitrogens with zero attached hydrogens (tertiary/aromatic N) is 2. The number of hydrogen-bond acceptors (Lipinski definition) is 3. The molecule has 0 N–H and O–H groups in total. The van der Waals surface area contributed by atoms with Gasteiger partial charge in [-0.15, -0.1) is 0 Å². The van der Waals surface area contributed by atoms with E-state index >= 15 is 0 Å². The minimum Gasteiger partial charge on any atom is -0.436 e. The van der Waals surface area contributed by atoms with E-state index in [0.29, 0.717) is 27.2 Å². The zero-order valence-corrected chi connectivity index (χ0v) is 12.0. The first-order chi connectivity index (χ1) is 9.67. The maximum absolute atomic E-state index is 9.22. The summed E-state index contributed by atoms with van der Waals surface area (Å²) in [6.07, 6.45) is 2.96. The summed E-state index contributed by atoms with van der Waals surface area (Å²) in [7, 11) is 0. The lowest BCUT2D eigenvalue weighted by atomic mass is 10.1. The molecular weight excluding hydrogens is 295 g/mol. The van der Waals surface area contributed by atoms with E-state index in [1.54, 1.807) is 18.2 Å². The summed E-state index contributed by atoms with van der Waals surface area (Å²) in [5, 5.41) is 10.1. The highest BCUT2D eigenvalue weighted by atomic mass is 35.5. The molecule has 20 heavy (non-hydrogen) atoms. The smallest absolute Gasteiger partial charge is 0.237 e. The lowest BCUT2D eigenvalue weighted by molar-refractivity contribution is 0.459. The highest BCUT2D eigenvalue weighted by molar-refractivity contribution is 6.35. The maximum atomic E-state index is 9.22. The molecule has 0 fully saturated rings. The van der Waals surface area contributed by atoms with Crippen LogP contribution in [0.2, 0.25) is 10.0 Å². The Bertz CT molecular complexity index is 723. The van der Waals surface area contributed by atoms with E-state index in [2.05, 4.69) is 11.1 Å². The fourth-order valence-electron chi connectivity index (χ4n) is 2.27. The van der Waals surface area contributed by atoms with Crippen LogP contribution < -0.4 is 4.74 Å². The van der Waals surface area contributed by atoms with E-state index in [9.17, 15) is 5.26 Å². The highest BCUT2D eigenvalue weighted by Gasteiger charge is 2.18. The number of hydrogen-bond donors (Lipinski definition) is 0. The van der Waals surface area contributed by atoms with Crippen molar-refractivity contribution in [3.63, 3.8) is 0 Å². The Morgan fingerprint density at radius 2 is 2.05 bits per heavy atom. The van der Waals surface area contributed by atoms with Crippen molar-refractivity contribution in [2.75, 3.05) is 0 Å². The molecule has 0 saturated carbocycles. The van der Waals surface area contributed by atoms with Gasteiger partial charge in [-0.3, -0.25) is 0 Å². The molecule has 0 bridgehead atoms. The van der Waals surface area contributed by atoms with Crippen LogP contribution in [0.5, 0.6) is 11.6 Å². The molecule has 100 valence electrons. The molecule has 0 atom stereocenters. The number of aryl methyl sites for hydroxylation is 2. The van der Waals surface area contributed by atoms with Gasteiger partial charge in [-0.25, -0.2) is 4.98 Å². The van der Waals surface area contributed by atoms with E-state index in [4.69, 9.17) is 27.9 Å². The normalized spacial score (nSPS) is 12.8. The average Bonchev–Trinajstić information content (AvgIpc) is 2.88. The van der Waals surface area contributed by atoms with Crippen molar-refractivity contribution in [1.29, 1.82) is 5.26 Å². The van der Waals surface area contributed by atoms with Crippen molar-refractivity contribution in [1.82, 2.24) is 4.98 Å². The van der Waals surface area contributed by atoms with Crippen LogP contribution in [-0.2, 0) is 12.8 Å². The molecular formula is C15H10Cl2N2O. The van der Waals surface area contributed by atoms with Gasteiger partial charge in [-0.1, -0.05) is 23.2 Å².